The van der Waals surface area contributed by atoms with Gasteiger partial charge in [-0.15, -0.1) is 0 Å². The molecule has 4 nitrogen and oxygen atoms in total. The zero-order chi connectivity index (χ0) is 12.1. The Balaban J connectivity index is 1.82. The molecule has 0 aliphatic carbocycles. The van der Waals surface area contributed by atoms with Crippen LogP contribution in [-0.2, 0) is 9.47 Å². The number of ether oxygens (including phenoxy) is 2. The van der Waals surface area contributed by atoms with Crippen molar-refractivity contribution in [1.29, 1.82) is 0 Å². The molecule has 0 radical (unpaired) electrons. The number of hydrogen-bond donors (Lipinski definition) is 1. The standard InChI is InChI=1S/C13H26N2O2/c1-3-16-12-5-4-7-15(10-12)11(2)13-9-14-6-8-17-13/h11-14H,3-10H2,1-2H3. The molecule has 0 saturated carbocycles. The minimum atomic E-state index is 0.337. The number of hydrogen-bond acceptors (Lipinski definition) is 4. The third kappa shape index (κ3) is 3.65. The Morgan fingerprint density at radius 2 is 2.41 bits per heavy atom. The van der Waals surface area contributed by atoms with Crippen LogP contribution in [0.1, 0.15) is 26.7 Å². The molecule has 2 rings (SSSR count). The molecular weight excluding hydrogens is 216 g/mol. The number of piperidine rings is 1. The smallest absolute Gasteiger partial charge is 0.0852 e. The van der Waals surface area contributed by atoms with Gasteiger partial charge < -0.3 is 14.8 Å². The number of likely N-dealkylation sites (tertiary alicyclic amines) is 1. The van der Waals surface area contributed by atoms with Crippen molar-refractivity contribution < 1.29 is 9.47 Å². The topological polar surface area (TPSA) is 33.7 Å². The maximum atomic E-state index is 5.84. The van der Waals surface area contributed by atoms with Crippen molar-refractivity contribution in [3.63, 3.8) is 0 Å². The lowest BCUT2D eigenvalue weighted by Gasteiger charge is -2.40. The molecule has 4 heteroatoms. The largest absolute Gasteiger partial charge is 0.377 e. The first-order valence-electron chi connectivity index (χ1n) is 6.99. The number of nitrogens with one attached hydrogen (secondary N) is 1. The molecule has 17 heavy (non-hydrogen) atoms. The molecule has 1 N–H and O–H groups in total. The molecule has 0 aromatic carbocycles. The molecule has 0 amide bonds. The zero-order valence-electron chi connectivity index (χ0n) is 11.2. The highest BCUT2D eigenvalue weighted by Crippen LogP contribution is 2.18. The highest BCUT2D eigenvalue weighted by Gasteiger charge is 2.29. The van der Waals surface area contributed by atoms with Crippen molar-refractivity contribution >= 4 is 0 Å². The van der Waals surface area contributed by atoms with E-state index in [0.717, 1.165) is 32.8 Å². The molecule has 2 fully saturated rings. The van der Waals surface area contributed by atoms with Gasteiger partial charge in [-0.2, -0.15) is 0 Å². The summed E-state index contributed by atoms with van der Waals surface area (Å²) in [5.74, 6) is 0. The van der Waals surface area contributed by atoms with E-state index in [1.165, 1.54) is 19.4 Å². The molecule has 0 spiro atoms. The van der Waals surface area contributed by atoms with Crippen LogP contribution in [0.2, 0.25) is 0 Å². The van der Waals surface area contributed by atoms with Crippen molar-refractivity contribution in [2.45, 2.75) is 44.9 Å². The van der Waals surface area contributed by atoms with Crippen molar-refractivity contribution in [2.75, 3.05) is 39.4 Å². The summed E-state index contributed by atoms with van der Waals surface area (Å²) in [6.45, 7) is 10.3. The number of rotatable bonds is 4. The summed E-state index contributed by atoms with van der Waals surface area (Å²) in [4.78, 5) is 2.53. The molecule has 0 bridgehead atoms. The molecule has 3 atom stereocenters. The third-order valence-electron chi connectivity index (χ3n) is 3.88. The van der Waals surface area contributed by atoms with Gasteiger partial charge in [0, 0.05) is 32.3 Å². The van der Waals surface area contributed by atoms with E-state index < -0.39 is 0 Å². The maximum absolute atomic E-state index is 5.84. The Morgan fingerprint density at radius 1 is 1.53 bits per heavy atom. The summed E-state index contributed by atoms with van der Waals surface area (Å²) in [5, 5.41) is 3.41. The molecule has 100 valence electrons. The summed E-state index contributed by atoms with van der Waals surface area (Å²) in [6, 6.07) is 0.492. The molecular formula is C13H26N2O2. The van der Waals surface area contributed by atoms with E-state index in [9.17, 15) is 0 Å². The van der Waals surface area contributed by atoms with Gasteiger partial charge in [0.15, 0.2) is 0 Å². The molecule has 2 heterocycles. The highest BCUT2D eigenvalue weighted by molar-refractivity contribution is 4.84. The Bertz CT molecular complexity index is 217. The van der Waals surface area contributed by atoms with Gasteiger partial charge in [-0.3, -0.25) is 4.90 Å². The monoisotopic (exact) mass is 242 g/mol. The highest BCUT2D eigenvalue weighted by atomic mass is 16.5. The first-order chi connectivity index (χ1) is 8.31. The minimum Gasteiger partial charge on any atom is -0.377 e. The van der Waals surface area contributed by atoms with E-state index in [1.807, 2.05) is 0 Å². The van der Waals surface area contributed by atoms with Gasteiger partial charge in [0.05, 0.1) is 18.8 Å². The summed E-state index contributed by atoms with van der Waals surface area (Å²) in [7, 11) is 0. The van der Waals surface area contributed by atoms with Crippen molar-refractivity contribution in [3.8, 4) is 0 Å². The molecule has 2 saturated heterocycles. The van der Waals surface area contributed by atoms with Crippen molar-refractivity contribution in [1.82, 2.24) is 10.2 Å². The summed E-state index contributed by atoms with van der Waals surface area (Å²) in [6.07, 6.45) is 3.22. The second-order valence-corrected chi connectivity index (χ2v) is 5.07. The van der Waals surface area contributed by atoms with E-state index in [2.05, 4.69) is 24.1 Å². The first kappa shape index (κ1) is 13.3. The van der Waals surface area contributed by atoms with Gasteiger partial charge in [-0.05, 0) is 33.2 Å². The SMILES string of the molecule is CCOC1CCCN(C(C)C2CNCCO2)C1. The van der Waals surface area contributed by atoms with Gasteiger partial charge in [-0.1, -0.05) is 0 Å². The second kappa shape index (κ2) is 6.69. The number of nitrogens with zero attached hydrogens (tertiary/aromatic N) is 1. The lowest BCUT2D eigenvalue weighted by atomic mass is 10.0. The van der Waals surface area contributed by atoms with Crippen LogP contribution >= 0.6 is 0 Å². The van der Waals surface area contributed by atoms with Gasteiger partial charge in [-0.25, -0.2) is 0 Å². The van der Waals surface area contributed by atoms with Gasteiger partial charge >= 0.3 is 0 Å². The Labute approximate surface area is 105 Å². The van der Waals surface area contributed by atoms with Crippen LogP contribution in [0, 0.1) is 0 Å². The van der Waals surface area contributed by atoms with Crippen LogP contribution < -0.4 is 5.32 Å². The quantitative estimate of drug-likeness (QED) is 0.793. The molecule has 3 unspecified atom stereocenters. The fourth-order valence-electron chi connectivity index (χ4n) is 2.84. The van der Waals surface area contributed by atoms with Crippen LogP contribution in [0.5, 0.6) is 0 Å². The van der Waals surface area contributed by atoms with E-state index >= 15 is 0 Å². The predicted molar refractivity (Wildman–Crippen MR) is 68.3 cm³/mol. The van der Waals surface area contributed by atoms with E-state index in [1.54, 1.807) is 0 Å². The van der Waals surface area contributed by atoms with E-state index in [-0.39, 0.29) is 0 Å². The predicted octanol–water partition coefficient (Wildman–Crippen LogP) is 0.864. The Kier molecular flexibility index (Phi) is 5.22. The lowest BCUT2D eigenvalue weighted by Crippen LogP contribution is -2.54. The van der Waals surface area contributed by atoms with Crippen molar-refractivity contribution in [3.05, 3.63) is 0 Å². The summed E-state index contributed by atoms with van der Waals surface area (Å²) in [5.41, 5.74) is 0. The fraction of sp³-hybridized carbons (Fsp3) is 1.00. The van der Waals surface area contributed by atoms with Gasteiger partial charge in [0.25, 0.3) is 0 Å². The average molecular weight is 242 g/mol. The van der Waals surface area contributed by atoms with Gasteiger partial charge in [0.1, 0.15) is 0 Å². The molecule has 0 aromatic rings. The third-order valence-corrected chi connectivity index (χ3v) is 3.88. The van der Waals surface area contributed by atoms with E-state index in [0.29, 0.717) is 18.2 Å². The lowest BCUT2D eigenvalue weighted by molar-refractivity contribution is -0.0580. The van der Waals surface area contributed by atoms with E-state index in [4.69, 9.17) is 9.47 Å². The van der Waals surface area contributed by atoms with Crippen LogP contribution in [0.25, 0.3) is 0 Å². The second-order valence-electron chi connectivity index (χ2n) is 5.07. The Morgan fingerprint density at radius 3 is 3.12 bits per heavy atom. The molecule has 2 aliphatic heterocycles. The van der Waals surface area contributed by atoms with Crippen LogP contribution in [0.15, 0.2) is 0 Å². The zero-order valence-corrected chi connectivity index (χ0v) is 11.2. The summed E-state index contributed by atoms with van der Waals surface area (Å²) >= 11 is 0. The molecule has 2 aliphatic rings. The average Bonchev–Trinajstić information content (AvgIpc) is 2.40. The Hall–Kier alpha value is -0.160. The molecule has 0 aromatic heterocycles. The minimum absolute atomic E-state index is 0.337. The summed E-state index contributed by atoms with van der Waals surface area (Å²) < 4.78 is 11.6. The van der Waals surface area contributed by atoms with Gasteiger partial charge in [0.2, 0.25) is 0 Å². The van der Waals surface area contributed by atoms with Crippen LogP contribution in [0.3, 0.4) is 0 Å². The number of morpholine rings is 1. The first-order valence-corrected chi connectivity index (χ1v) is 6.99. The fourth-order valence-corrected chi connectivity index (χ4v) is 2.84. The van der Waals surface area contributed by atoms with Crippen molar-refractivity contribution in [2.24, 2.45) is 0 Å². The normalized spacial score (nSPS) is 33.5. The maximum Gasteiger partial charge on any atom is 0.0852 e. The van der Waals surface area contributed by atoms with Crippen LogP contribution in [-0.4, -0.2) is 62.5 Å². The van der Waals surface area contributed by atoms with Crippen LogP contribution in [0.4, 0.5) is 0 Å².